The van der Waals surface area contributed by atoms with E-state index in [4.69, 9.17) is 4.98 Å². The molecule has 3 nitrogen and oxygen atoms in total. The monoisotopic (exact) mass is 269 g/mol. The molecule has 1 aromatic rings. The van der Waals surface area contributed by atoms with E-state index in [-0.39, 0.29) is 0 Å². The topological polar surface area (TPSA) is 28.2 Å². The maximum Gasteiger partial charge on any atom is 0.185 e. The second-order valence-corrected chi connectivity index (χ2v) is 5.88. The van der Waals surface area contributed by atoms with Crippen LogP contribution in [-0.2, 0) is 6.54 Å². The molecule has 1 N–H and O–H groups in total. The zero-order valence-electron chi connectivity index (χ0n) is 12.4. The average Bonchev–Trinajstić information content (AvgIpc) is 2.77. The molecule has 0 fully saturated rings. The Morgan fingerprint density at radius 1 is 1.28 bits per heavy atom. The first-order valence-electron chi connectivity index (χ1n) is 7.09. The van der Waals surface area contributed by atoms with Gasteiger partial charge in [-0.15, -0.1) is 11.3 Å². The van der Waals surface area contributed by atoms with Crippen molar-refractivity contribution < 1.29 is 0 Å². The summed E-state index contributed by atoms with van der Waals surface area (Å²) in [5, 5.41) is 4.60. The first-order chi connectivity index (χ1) is 8.63. The van der Waals surface area contributed by atoms with Crippen LogP contribution in [0.25, 0.3) is 0 Å². The van der Waals surface area contributed by atoms with Gasteiger partial charge in [0, 0.05) is 24.5 Å². The highest BCUT2D eigenvalue weighted by Gasteiger charge is 2.16. The van der Waals surface area contributed by atoms with Gasteiger partial charge in [0.2, 0.25) is 0 Å². The molecule has 0 unspecified atom stereocenters. The van der Waals surface area contributed by atoms with Crippen LogP contribution in [0, 0.1) is 0 Å². The first kappa shape index (κ1) is 15.4. The van der Waals surface area contributed by atoms with Crippen LogP contribution in [0.2, 0.25) is 0 Å². The van der Waals surface area contributed by atoms with Crippen LogP contribution in [-0.4, -0.2) is 24.6 Å². The van der Waals surface area contributed by atoms with E-state index in [9.17, 15) is 0 Å². The third kappa shape index (κ3) is 3.95. The molecule has 0 aliphatic heterocycles. The van der Waals surface area contributed by atoms with Crippen molar-refractivity contribution in [3.05, 3.63) is 10.6 Å². The van der Waals surface area contributed by atoms with Crippen LogP contribution >= 0.6 is 11.3 Å². The van der Waals surface area contributed by atoms with Gasteiger partial charge in [-0.3, -0.25) is 0 Å². The standard InChI is InChI=1S/C14H27N3S/c1-6-9-17(8-3)14-16-13(11(4)5)12(18-14)10-15-7-2/h11,15H,6-10H2,1-5H3. The maximum absolute atomic E-state index is 4.86. The SMILES string of the molecule is CCCN(CC)c1nc(C(C)C)c(CNCC)s1. The molecule has 0 saturated heterocycles. The summed E-state index contributed by atoms with van der Waals surface area (Å²) in [6.45, 7) is 15.1. The van der Waals surface area contributed by atoms with Gasteiger partial charge in [-0.05, 0) is 25.8 Å². The molecular weight excluding hydrogens is 242 g/mol. The molecular formula is C14H27N3S. The highest BCUT2D eigenvalue weighted by molar-refractivity contribution is 7.15. The van der Waals surface area contributed by atoms with Crippen molar-refractivity contribution in [3.63, 3.8) is 0 Å². The number of thiazole rings is 1. The lowest BCUT2D eigenvalue weighted by Gasteiger charge is -2.18. The van der Waals surface area contributed by atoms with Gasteiger partial charge in [0.05, 0.1) is 5.69 Å². The summed E-state index contributed by atoms with van der Waals surface area (Å²) in [6, 6.07) is 0. The Morgan fingerprint density at radius 3 is 2.50 bits per heavy atom. The summed E-state index contributed by atoms with van der Waals surface area (Å²) in [7, 11) is 0. The number of anilines is 1. The zero-order valence-corrected chi connectivity index (χ0v) is 13.2. The number of hydrogen-bond acceptors (Lipinski definition) is 4. The summed E-state index contributed by atoms with van der Waals surface area (Å²) in [6.07, 6.45) is 1.17. The lowest BCUT2D eigenvalue weighted by atomic mass is 10.1. The maximum atomic E-state index is 4.86. The minimum atomic E-state index is 0.504. The molecule has 104 valence electrons. The normalized spacial score (nSPS) is 11.2. The second kappa shape index (κ2) is 7.74. The van der Waals surface area contributed by atoms with Crippen LogP contribution in [0.3, 0.4) is 0 Å². The van der Waals surface area contributed by atoms with Crippen molar-refractivity contribution in [2.45, 2.75) is 53.5 Å². The summed E-state index contributed by atoms with van der Waals surface area (Å²) in [4.78, 5) is 8.64. The Labute approximate surface area is 116 Å². The lowest BCUT2D eigenvalue weighted by molar-refractivity contribution is 0.712. The van der Waals surface area contributed by atoms with Crippen molar-refractivity contribution in [3.8, 4) is 0 Å². The lowest BCUT2D eigenvalue weighted by Crippen LogP contribution is -2.23. The van der Waals surface area contributed by atoms with Crippen molar-refractivity contribution in [1.82, 2.24) is 10.3 Å². The number of nitrogens with zero attached hydrogens (tertiary/aromatic N) is 2. The van der Waals surface area contributed by atoms with Crippen molar-refractivity contribution >= 4 is 16.5 Å². The molecule has 18 heavy (non-hydrogen) atoms. The van der Waals surface area contributed by atoms with E-state index < -0.39 is 0 Å². The minimum absolute atomic E-state index is 0.504. The molecule has 4 heteroatoms. The van der Waals surface area contributed by atoms with E-state index in [1.807, 2.05) is 11.3 Å². The van der Waals surface area contributed by atoms with Gasteiger partial charge >= 0.3 is 0 Å². The molecule has 0 atom stereocenters. The van der Waals surface area contributed by atoms with Gasteiger partial charge in [-0.25, -0.2) is 4.98 Å². The van der Waals surface area contributed by atoms with E-state index in [0.717, 1.165) is 26.2 Å². The average molecular weight is 269 g/mol. The van der Waals surface area contributed by atoms with Crippen LogP contribution in [0.1, 0.15) is 57.5 Å². The minimum Gasteiger partial charge on any atom is -0.348 e. The quantitative estimate of drug-likeness (QED) is 0.781. The van der Waals surface area contributed by atoms with Crippen LogP contribution < -0.4 is 10.2 Å². The fraction of sp³-hybridized carbons (Fsp3) is 0.786. The van der Waals surface area contributed by atoms with Crippen LogP contribution in [0.4, 0.5) is 5.13 Å². The number of nitrogens with one attached hydrogen (secondary N) is 1. The molecule has 1 rings (SSSR count). The Bertz CT molecular complexity index is 347. The fourth-order valence-electron chi connectivity index (χ4n) is 1.96. The van der Waals surface area contributed by atoms with Crippen molar-refractivity contribution in [2.75, 3.05) is 24.5 Å². The highest BCUT2D eigenvalue weighted by Crippen LogP contribution is 2.30. The summed E-state index contributed by atoms with van der Waals surface area (Å²) in [5.74, 6) is 0.504. The molecule has 0 amide bonds. The van der Waals surface area contributed by atoms with Crippen LogP contribution in [0.5, 0.6) is 0 Å². The van der Waals surface area contributed by atoms with E-state index in [1.54, 1.807) is 0 Å². The van der Waals surface area contributed by atoms with Gasteiger partial charge in [0.25, 0.3) is 0 Å². The van der Waals surface area contributed by atoms with E-state index in [0.29, 0.717) is 5.92 Å². The number of hydrogen-bond donors (Lipinski definition) is 1. The Hall–Kier alpha value is -0.610. The molecule has 0 aliphatic rings. The van der Waals surface area contributed by atoms with Gasteiger partial charge in [-0.1, -0.05) is 27.7 Å². The highest BCUT2D eigenvalue weighted by atomic mass is 32.1. The van der Waals surface area contributed by atoms with Crippen molar-refractivity contribution in [1.29, 1.82) is 0 Å². The first-order valence-corrected chi connectivity index (χ1v) is 7.90. The summed E-state index contributed by atoms with van der Waals surface area (Å²) < 4.78 is 0. The third-order valence-corrected chi connectivity index (χ3v) is 4.08. The van der Waals surface area contributed by atoms with Gasteiger partial charge in [0.1, 0.15) is 0 Å². The Kier molecular flexibility index (Phi) is 6.65. The number of aromatic nitrogens is 1. The largest absolute Gasteiger partial charge is 0.348 e. The van der Waals surface area contributed by atoms with E-state index in [2.05, 4.69) is 44.8 Å². The van der Waals surface area contributed by atoms with Crippen molar-refractivity contribution in [2.24, 2.45) is 0 Å². The molecule has 0 saturated carbocycles. The van der Waals surface area contributed by atoms with E-state index in [1.165, 1.54) is 22.1 Å². The number of rotatable bonds is 8. The summed E-state index contributed by atoms with van der Waals surface area (Å²) >= 11 is 1.85. The smallest absolute Gasteiger partial charge is 0.185 e. The van der Waals surface area contributed by atoms with Gasteiger partial charge in [0.15, 0.2) is 5.13 Å². The third-order valence-electron chi connectivity index (χ3n) is 2.94. The predicted molar refractivity (Wildman–Crippen MR) is 81.8 cm³/mol. The molecule has 0 radical (unpaired) electrons. The molecule has 0 bridgehead atoms. The van der Waals surface area contributed by atoms with Crippen LogP contribution in [0.15, 0.2) is 0 Å². The summed E-state index contributed by atoms with van der Waals surface area (Å²) in [5.41, 5.74) is 1.27. The van der Waals surface area contributed by atoms with Gasteiger partial charge in [-0.2, -0.15) is 0 Å². The molecule has 1 aromatic heterocycles. The zero-order chi connectivity index (χ0) is 13.5. The van der Waals surface area contributed by atoms with E-state index >= 15 is 0 Å². The van der Waals surface area contributed by atoms with Gasteiger partial charge < -0.3 is 10.2 Å². The Balaban J connectivity index is 2.92. The molecule has 0 aromatic carbocycles. The molecule has 1 heterocycles. The second-order valence-electron chi connectivity index (χ2n) is 4.82. The Morgan fingerprint density at radius 2 is 2.00 bits per heavy atom. The fourth-order valence-corrected chi connectivity index (χ4v) is 3.24. The molecule has 0 spiro atoms. The molecule has 0 aliphatic carbocycles. The predicted octanol–water partition coefficient (Wildman–Crippen LogP) is 3.61.